The second kappa shape index (κ2) is 9.00. The first kappa shape index (κ1) is 20.4. The minimum atomic E-state index is -1.73. The predicted octanol–water partition coefficient (Wildman–Crippen LogP) is 1.22. The first-order chi connectivity index (χ1) is 11.7. The van der Waals surface area contributed by atoms with Crippen LogP contribution in [0.1, 0.15) is 19.4 Å². The highest BCUT2D eigenvalue weighted by Crippen LogP contribution is 2.24. The van der Waals surface area contributed by atoms with Crippen LogP contribution >= 0.6 is 0 Å². The van der Waals surface area contributed by atoms with E-state index in [0.29, 0.717) is 5.56 Å². The molecule has 9 heteroatoms. The second-order valence-corrected chi connectivity index (χ2v) is 5.45. The molecule has 1 amide bonds. The largest absolute Gasteiger partial charge is 0.480 e. The van der Waals surface area contributed by atoms with Gasteiger partial charge < -0.3 is 19.9 Å². The average molecular weight is 355 g/mol. The van der Waals surface area contributed by atoms with E-state index in [0.717, 1.165) is 14.2 Å². The Labute approximate surface area is 144 Å². The fraction of sp³-hybridized carbons (Fsp3) is 0.438. The Kier molecular flexibility index (Phi) is 7.34. The normalized spacial score (nSPS) is 13.4. The monoisotopic (exact) mass is 355 g/mol. The van der Waals surface area contributed by atoms with E-state index in [1.165, 1.54) is 0 Å². The number of ether oxygens (including phenoxy) is 2. The molecular weight excluding hydrogens is 334 g/mol. The first-order valence-corrected chi connectivity index (χ1v) is 7.28. The van der Waals surface area contributed by atoms with Crippen molar-refractivity contribution in [3.8, 4) is 0 Å². The van der Waals surface area contributed by atoms with Crippen LogP contribution in [0.3, 0.4) is 0 Å². The van der Waals surface area contributed by atoms with Crippen LogP contribution in [0.25, 0.3) is 0 Å². The van der Waals surface area contributed by atoms with E-state index in [1.807, 2.05) is 6.07 Å². The number of benzene rings is 1. The Morgan fingerprint density at radius 3 is 2.20 bits per heavy atom. The molecule has 0 fully saturated rings. The third kappa shape index (κ3) is 5.73. The number of hydrogen-bond acceptors (Lipinski definition) is 7. The van der Waals surface area contributed by atoms with Gasteiger partial charge in [0, 0.05) is 7.11 Å². The molecule has 138 valence electrons. The van der Waals surface area contributed by atoms with Crippen LogP contribution in [0.2, 0.25) is 0 Å². The van der Waals surface area contributed by atoms with Crippen molar-refractivity contribution in [3.05, 3.63) is 35.9 Å². The fourth-order valence-electron chi connectivity index (χ4n) is 2.05. The number of carbonyl (C=O) groups excluding carboxylic acids is 2. The number of aliphatic carboxylic acids is 1. The molecule has 2 atom stereocenters. The van der Waals surface area contributed by atoms with Crippen LogP contribution < -0.4 is 5.32 Å². The highest BCUT2D eigenvalue weighted by atomic mass is 17.2. The summed E-state index contributed by atoms with van der Waals surface area (Å²) >= 11 is 0. The van der Waals surface area contributed by atoms with Crippen molar-refractivity contribution in [3.63, 3.8) is 0 Å². The van der Waals surface area contributed by atoms with Gasteiger partial charge in [-0.1, -0.05) is 30.3 Å². The molecule has 0 aromatic heterocycles. The second-order valence-electron chi connectivity index (χ2n) is 5.45. The summed E-state index contributed by atoms with van der Waals surface area (Å²) in [5, 5.41) is 11.3. The zero-order valence-corrected chi connectivity index (χ0v) is 14.3. The molecule has 2 N–H and O–H groups in total. The summed E-state index contributed by atoms with van der Waals surface area (Å²) in [6, 6.07) is 7.16. The van der Waals surface area contributed by atoms with Gasteiger partial charge in [-0.3, -0.25) is 4.89 Å². The van der Waals surface area contributed by atoms with Crippen LogP contribution in [-0.2, 0) is 34.4 Å². The van der Waals surface area contributed by atoms with Crippen LogP contribution in [0.15, 0.2) is 30.3 Å². The lowest BCUT2D eigenvalue weighted by Gasteiger charge is -2.27. The molecule has 9 nitrogen and oxygen atoms in total. The molecule has 0 saturated heterocycles. The van der Waals surface area contributed by atoms with Crippen molar-refractivity contribution >= 4 is 18.0 Å². The minimum absolute atomic E-state index is 0.708. The van der Waals surface area contributed by atoms with Crippen molar-refractivity contribution in [2.45, 2.75) is 31.6 Å². The molecule has 1 rings (SSSR count). The van der Waals surface area contributed by atoms with Gasteiger partial charge >= 0.3 is 18.0 Å². The molecule has 1 unspecified atom stereocenters. The summed E-state index contributed by atoms with van der Waals surface area (Å²) in [6.07, 6.45) is -2.65. The first-order valence-electron chi connectivity index (χ1n) is 7.28. The summed E-state index contributed by atoms with van der Waals surface area (Å²) in [4.78, 5) is 43.6. The van der Waals surface area contributed by atoms with Crippen molar-refractivity contribution < 1.29 is 38.7 Å². The number of methoxy groups -OCH3 is 1. The van der Waals surface area contributed by atoms with E-state index in [9.17, 15) is 19.5 Å². The van der Waals surface area contributed by atoms with E-state index >= 15 is 0 Å². The van der Waals surface area contributed by atoms with E-state index in [4.69, 9.17) is 9.47 Å². The fourth-order valence-corrected chi connectivity index (χ4v) is 2.05. The van der Waals surface area contributed by atoms with Crippen LogP contribution in [0.5, 0.6) is 0 Å². The molecule has 1 aromatic rings. The molecule has 0 aliphatic carbocycles. The molecule has 0 aliphatic rings. The Hall–Kier alpha value is -2.65. The topological polar surface area (TPSA) is 120 Å². The molecule has 0 heterocycles. The number of amides is 1. The summed E-state index contributed by atoms with van der Waals surface area (Å²) in [5.74, 6) is -2.62. The zero-order chi connectivity index (χ0) is 19.0. The van der Waals surface area contributed by atoms with Crippen LogP contribution in [0, 0.1) is 0 Å². The number of carboxylic acid groups (broad SMARTS) is 1. The Bertz CT molecular complexity index is 601. The summed E-state index contributed by atoms with van der Waals surface area (Å²) in [7, 11) is 2.17. The van der Waals surface area contributed by atoms with Gasteiger partial charge in [0.1, 0.15) is 5.60 Å². The quantitative estimate of drug-likeness (QED) is 0.527. The molecule has 0 bridgehead atoms. The van der Waals surface area contributed by atoms with Crippen molar-refractivity contribution in [2.75, 3.05) is 14.2 Å². The molecule has 0 saturated carbocycles. The van der Waals surface area contributed by atoms with Gasteiger partial charge in [0.25, 0.3) is 0 Å². The summed E-state index contributed by atoms with van der Waals surface area (Å²) in [5.41, 5.74) is -0.316. The smallest absolute Gasteiger partial charge is 0.408 e. The lowest BCUT2D eigenvalue weighted by molar-refractivity contribution is -0.264. The van der Waals surface area contributed by atoms with E-state index in [1.54, 1.807) is 38.1 Å². The molecule has 25 heavy (non-hydrogen) atoms. The van der Waals surface area contributed by atoms with E-state index in [2.05, 4.69) is 15.1 Å². The number of hydrogen-bond donors (Lipinski definition) is 2. The van der Waals surface area contributed by atoms with Gasteiger partial charge in [-0.05, 0) is 19.4 Å². The summed E-state index contributed by atoms with van der Waals surface area (Å²) in [6.45, 7) is 3.29. The third-order valence-electron chi connectivity index (χ3n) is 3.31. The molecule has 1 aromatic carbocycles. The van der Waals surface area contributed by atoms with Crippen LogP contribution in [0.4, 0.5) is 4.79 Å². The number of nitrogens with one attached hydrogen (secondary N) is 1. The van der Waals surface area contributed by atoms with Gasteiger partial charge in [-0.25, -0.2) is 14.4 Å². The van der Waals surface area contributed by atoms with Gasteiger partial charge in [-0.2, -0.15) is 4.89 Å². The minimum Gasteiger partial charge on any atom is -0.480 e. The standard InChI is InChI=1S/C16H21NO8/c1-16(2,10-8-6-5-7-9-10)24-15(21)17-11(13(18)19)12(22-3)14(20)25-23-4/h5-9,11-12H,1-4H3,(H,17,21)(H,18,19)/t11-,12?/m0/s1. The number of alkyl carbamates (subject to hydrolysis) is 1. The SMILES string of the molecule is COOC(=O)C(OC)[C@H](NC(=O)OC(C)(C)c1ccccc1)C(=O)O. The van der Waals surface area contributed by atoms with Gasteiger partial charge in [0.15, 0.2) is 12.1 Å². The van der Waals surface area contributed by atoms with Crippen molar-refractivity contribution in [2.24, 2.45) is 0 Å². The summed E-state index contributed by atoms with van der Waals surface area (Å²) < 4.78 is 10.1. The van der Waals surface area contributed by atoms with Gasteiger partial charge in [0.2, 0.25) is 0 Å². The Morgan fingerprint density at radius 1 is 1.12 bits per heavy atom. The van der Waals surface area contributed by atoms with Gasteiger partial charge in [-0.15, -0.1) is 0 Å². The van der Waals surface area contributed by atoms with Crippen molar-refractivity contribution in [1.29, 1.82) is 0 Å². The van der Waals surface area contributed by atoms with Crippen LogP contribution in [-0.4, -0.2) is 49.5 Å². The lowest BCUT2D eigenvalue weighted by atomic mass is 9.98. The number of carbonyl (C=O) groups is 3. The van der Waals surface area contributed by atoms with Gasteiger partial charge in [0.05, 0.1) is 7.11 Å². The molecule has 0 spiro atoms. The maximum atomic E-state index is 12.1. The Morgan fingerprint density at radius 2 is 1.72 bits per heavy atom. The Balaban J connectivity index is 2.86. The van der Waals surface area contributed by atoms with E-state index < -0.39 is 35.8 Å². The maximum absolute atomic E-state index is 12.1. The van der Waals surface area contributed by atoms with Crippen molar-refractivity contribution in [1.82, 2.24) is 5.32 Å². The third-order valence-corrected chi connectivity index (χ3v) is 3.31. The predicted molar refractivity (Wildman–Crippen MR) is 84.4 cm³/mol. The average Bonchev–Trinajstić information content (AvgIpc) is 2.55. The number of rotatable bonds is 8. The van der Waals surface area contributed by atoms with E-state index in [-0.39, 0.29) is 0 Å². The molecule has 0 aliphatic heterocycles. The maximum Gasteiger partial charge on any atom is 0.408 e. The molecular formula is C16H21NO8. The zero-order valence-electron chi connectivity index (χ0n) is 14.3. The highest BCUT2D eigenvalue weighted by Gasteiger charge is 2.38. The highest BCUT2D eigenvalue weighted by molar-refractivity contribution is 5.88. The molecule has 0 radical (unpaired) electrons. The number of carboxylic acids is 1. The lowest BCUT2D eigenvalue weighted by Crippen LogP contribution is -2.53.